The summed E-state index contributed by atoms with van der Waals surface area (Å²) in [4.78, 5) is 12.9. The highest BCUT2D eigenvalue weighted by molar-refractivity contribution is 14.1. The highest BCUT2D eigenvalue weighted by atomic mass is 127. The van der Waals surface area contributed by atoms with Crippen molar-refractivity contribution in [1.29, 1.82) is 0 Å². The number of anilines is 1. The van der Waals surface area contributed by atoms with Crippen molar-refractivity contribution in [2.24, 2.45) is 0 Å². The van der Waals surface area contributed by atoms with Crippen molar-refractivity contribution in [3.63, 3.8) is 0 Å². The van der Waals surface area contributed by atoms with E-state index in [-0.39, 0.29) is 11.3 Å². The zero-order valence-electron chi connectivity index (χ0n) is 15.6. The van der Waals surface area contributed by atoms with Crippen LogP contribution in [0.2, 0.25) is 15.1 Å². The number of hydrogen-bond acceptors (Lipinski definition) is 3. The predicted molar refractivity (Wildman–Crippen MR) is 134 cm³/mol. The predicted octanol–water partition coefficient (Wildman–Crippen LogP) is 8.15. The van der Waals surface area contributed by atoms with Crippen molar-refractivity contribution in [2.75, 3.05) is 5.32 Å². The second kappa shape index (κ2) is 9.12. The third-order valence-electron chi connectivity index (χ3n) is 4.51. The Bertz CT molecular complexity index is 1330. The molecule has 8 heteroatoms. The number of phenolic OH excluding ortho intramolecular Hbond substituents is 1. The number of carbonyl (C=O) groups excluding carboxylic acids is 1. The number of carbonyl (C=O) groups is 1. The lowest BCUT2D eigenvalue weighted by molar-refractivity contribution is 0.102. The number of amides is 1. The molecule has 0 atom stereocenters. The Morgan fingerprint density at radius 2 is 1.58 bits per heavy atom. The van der Waals surface area contributed by atoms with E-state index in [1.54, 1.807) is 36.4 Å². The summed E-state index contributed by atoms with van der Waals surface area (Å²) in [6.45, 7) is 0. The first kappa shape index (κ1) is 22.0. The van der Waals surface area contributed by atoms with Crippen molar-refractivity contribution >= 4 is 79.8 Å². The van der Waals surface area contributed by atoms with Crippen molar-refractivity contribution < 1.29 is 14.6 Å². The lowest BCUT2D eigenvalue weighted by atomic mass is 10.1. The Hall–Kier alpha value is -2.19. The van der Waals surface area contributed by atoms with Gasteiger partial charge in [0.15, 0.2) is 5.75 Å². The van der Waals surface area contributed by atoms with E-state index in [9.17, 15) is 9.90 Å². The molecule has 0 spiro atoms. The molecule has 4 aromatic rings. The smallest absolute Gasteiger partial charge is 0.259 e. The number of nitrogens with one attached hydrogen (secondary N) is 1. The standard InChI is InChI=1S/C23H13Cl3INO3/c24-12-5-7-21(31-20-8-6-17(26)14-3-1-2-4-15(14)20)19(11-12)28-23(30)16-9-13(25)10-18(27)22(16)29/h1-11,29H,(H,28,30). The fourth-order valence-corrected chi connectivity index (χ4v) is 4.49. The van der Waals surface area contributed by atoms with Gasteiger partial charge in [-0.2, -0.15) is 0 Å². The Labute approximate surface area is 206 Å². The molecular formula is C23H13Cl3INO3. The summed E-state index contributed by atoms with van der Waals surface area (Å²) >= 11 is 20.4. The van der Waals surface area contributed by atoms with Gasteiger partial charge in [-0.3, -0.25) is 4.79 Å². The molecule has 0 aromatic heterocycles. The van der Waals surface area contributed by atoms with Gasteiger partial charge in [0.2, 0.25) is 0 Å². The SMILES string of the molecule is O=C(Nc1cc(Cl)ccc1Oc1ccc(Cl)c2ccccc12)c1cc(Cl)cc(I)c1O. The van der Waals surface area contributed by atoms with E-state index < -0.39 is 5.91 Å². The van der Waals surface area contributed by atoms with Crippen molar-refractivity contribution in [3.05, 3.63) is 90.9 Å². The maximum absolute atomic E-state index is 12.9. The lowest BCUT2D eigenvalue weighted by Crippen LogP contribution is -2.13. The number of halogens is 4. The van der Waals surface area contributed by atoms with E-state index in [4.69, 9.17) is 39.5 Å². The minimum absolute atomic E-state index is 0.0415. The van der Waals surface area contributed by atoms with Gasteiger partial charge in [0, 0.05) is 25.8 Å². The summed E-state index contributed by atoms with van der Waals surface area (Å²) in [5.41, 5.74) is 0.380. The number of fused-ring (bicyclic) bond motifs is 1. The molecule has 0 fully saturated rings. The van der Waals surface area contributed by atoms with E-state index in [1.807, 2.05) is 46.9 Å². The molecule has 1 amide bonds. The van der Waals surface area contributed by atoms with E-state index >= 15 is 0 Å². The molecule has 0 saturated carbocycles. The maximum Gasteiger partial charge on any atom is 0.259 e. The van der Waals surface area contributed by atoms with Gasteiger partial charge in [-0.15, -0.1) is 0 Å². The van der Waals surface area contributed by atoms with Gasteiger partial charge < -0.3 is 15.2 Å². The van der Waals surface area contributed by atoms with Crippen LogP contribution in [0.25, 0.3) is 10.8 Å². The normalized spacial score (nSPS) is 10.8. The average molecular weight is 585 g/mol. The van der Waals surface area contributed by atoms with Gasteiger partial charge >= 0.3 is 0 Å². The summed E-state index contributed by atoms with van der Waals surface area (Å²) in [6, 6.07) is 18.9. The van der Waals surface area contributed by atoms with Crippen molar-refractivity contribution in [2.45, 2.75) is 0 Å². The van der Waals surface area contributed by atoms with E-state index in [2.05, 4.69) is 5.32 Å². The maximum atomic E-state index is 12.9. The Balaban J connectivity index is 1.71. The van der Waals surface area contributed by atoms with Crippen LogP contribution in [-0.4, -0.2) is 11.0 Å². The molecule has 4 aromatic carbocycles. The van der Waals surface area contributed by atoms with Crippen LogP contribution < -0.4 is 10.1 Å². The van der Waals surface area contributed by atoms with Crippen LogP contribution in [0.1, 0.15) is 10.4 Å². The second-order valence-corrected chi connectivity index (χ2v) is 9.01. The molecule has 0 bridgehead atoms. The highest BCUT2D eigenvalue weighted by Crippen LogP contribution is 2.38. The van der Waals surface area contributed by atoms with Gasteiger partial charge in [0.05, 0.1) is 14.8 Å². The van der Waals surface area contributed by atoms with Gasteiger partial charge in [0.1, 0.15) is 11.5 Å². The molecular weight excluding hydrogens is 572 g/mol. The molecule has 2 N–H and O–H groups in total. The molecule has 0 aliphatic carbocycles. The fraction of sp³-hybridized carbons (Fsp3) is 0. The minimum atomic E-state index is -0.550. The molecule has 31 heavy (non-hydrogen) atoms. The van der Waals surface area contributed by atoms with Crippen LogP contribution in [0.3, 0.4) is 0 Å². The second-order valence-electron chi connectivity index (χ2n) is 6.57. The van der Waals surface area contributed by atoms with Crippen LogP contribution in [0.4, 0.5) is 5.69 Å². The van der Waals surface area contributed by atoms with Crippen LogP contribution in [0.5, 0.6) is 17.2 Å². The first-order chi connectivity index (χ1) is 14.8. The number of benzene rings is 4. The molecule has 0 radical (unpaired) electrons. The monoisotopic (exact) mass is 583 g/mol. The molecule has 0 aliphatic rings. The van der Waals surface area contributed by atoms with Crippen molar-refractivity contribution in [3.8, 4) is 17.2 Å². The Kier molecular flexibility index (Phi) is 6.48. The molecule has 0 heterocycles. The van der Waals surface area contributed by atoms with Gasteiger partial charge in [0.25, 0.3) is 5.91 Å². The summed E-state index contributed by atoms with van der Waals surface area (Å²) in [6.07, 6.45) is 0. The van der Waals surface area contributed by atoms with Crippen LogP contribution in [-0.2, 0) is 0 Å². The topological polar surface area (TPSA) is 58.6 Å². The number of hydrogen-bond donors (Lipinski definition) is 2. The molecule has 0 saturated heterocycles. The van der Waals surface area contributed by atoms with E-state index in [0.29, 0.717) is 35.8 Å². The van der Waals surface area contributed by atoms with E-state index in [1.165, 1.54) is 6.07 Å². The average Bonchev–Trinajstić information content (AvgIpc) is 2.74. The summed E-state index contributed by atoms with van der Waals surface area (Å²) in [5.74, 6) is 0.237. The number of ether oxygens (including phenoxy) is 1. The zero-order valence-corrected chi connectivity index (χ0v) is 20.1. The quantitative estimate of drug-likeness (QED) is 0.238. The van der Waals surface area contributed by atoms with Gasteiger partial charge in [-0.1, -0.05) is 59.1 Å². The van der Waals surface area contributed by atoms with Gasteiger partial charge in [-0.25, -0.2) is 0 Å². The van der Waals surface area contributed by atoms with Crippen molar-refractivity contribution in [1.82, 2.24) is 0 Å². The molecule has 4 nitrogen and oxygen atoms in total. The van der Waals surface area contributed by atoms with Crippen LogP contribution in [0.15, 0.2) is 66.7 Å². The first-order valence-electron chi connectivity index (χ1n) is 8.97. The Morgan fingerprint density at radius 1 is 0.871 bits per heavy atom. The summed E-state index contributed by atoms with van der Waals surface area (Å²) in [5, 5.41) is 16.0. The lowest BCUT2D eigenvalue weighted by Gasteiger charge is -2.15. The molecule has 0 aliphatic heterocycles. The largest absolute Gasteiger partial charge is 0.506 e. The molecule has 4 rings (SSSR count). The molecule has 156 valence electrons. The van der Waals surface area contributed by atoms with E-state index in [0.717, 1.165) is 10.8 Å². The summed E-state index contributed by atoms with van der Waals surface area (Å²) in [7, 11) is 0. The first-order valence-corrected chi connectivity index (χ1v) is 11.2. The fourth-order valence-electron chi connectivity index (χ4n) is 3.06. The van der Waals surface area contributed by atoms with Crippen LogP contribution >= 0.6 is 57.4 Å². The number of aromatic hydroxyl groups is 1. The number of rotatable bonds is 4. The molecule has 0 unspecified atom stereocenters. The van der Waals surface area contributed by atoms with Gasteiger partial charge in [-0.05, 0) is 65.1 Å². The Morgan fingerprint density at radius 3 is 2.35 bits per heavy atom. The minimum Gasteiger partial charge on any atom is -0.506 e. The van der Waals surface area contributed by atoms with Crippen LogP contribution in [0, 0.1) is 3.57 Å². The highest BCUT2D eigenvalue weighted by Gasteiger charge is 2.18. The third-order valence-corrected chi connectivity index (χ3v) is 6.12. The zero-order chi connectivity index (χ0) is 22.1. The number of phenols is 1. The third kappa shape index (κ3) is 4.70. The summed E-state index contributed by atoms with van der Waals surface area (Å²) < 4.78 is 6.59.